The van der Waals surface area contributed by atoms with Crippen molar-refractivity contribution in [1.29, 1.82) is 5.26 Å². The van der Waals surface area contributed by atoms with Gasteiger partial charge in [-0.05, 0) is 80.8 Å². The molecule has 1 saturated carbocycles. The van der Waals surface area contributed by atoms with Gasteiger partial charge in [0.15, 0.2) is 0 Å². The maximum atomic E-state index is 13.3. The molecule has 1 aromatic heterocycles. The number of piperidine rings is 2. The van der Waals surface area contributed by atoms with Crippen LogP contribution >= 0.6 is 0 Å². The quantitative estimate of drug-likeness (QED) is 0.585. The van der Waals surface area contributed by atoms with E-state index in [9.17, 15) is 18.5 Å². The van der Waals surface area contributed by atoms with Crippen molar-refractivity contribution in [1.82, 2.24) is 14.6 Å². The average molecular weight is 535 g/mol. The van der Waals surface area contributed by atoms with E-state index in [1.807, 2.05) is 24.3 Å². The van der Waals surface area contributed by atoms with Gasteiger partial charge in [0, 0.05) is 50.6 Å². The number of pyridine rings is 1. The van der Waals surface area contributed by atoms with Crippen LogP contribution in [0.4, 0.5) is 11.5 Å². The van der Waals surface area contributed by atoms with Crippen LogP contribution in [0.15, 0.2) is 47.5 Å². The summed E-state index contributed by atoms with van der Waals surface area (Å²) in [5.41, 5.74) is 1.43. The Bertz CT molecular complexity index is 1330. The molecule has 3 saturated heterocycles. The zero-order valence-electron chi connectivity index (χ0n) is 21.5. The molecule has 1 spiro atoms. The van der Waals surface area contributed by atoms with E-state index in [1.165, 1.54) is 0 Å². The number of nitrogens with one attached hydrogen (secondary N) is 2. The van der Waals surface area contributed by atoms with Gasteiger partial charge in [-0.15, -0.1) is 0 Å². The third-order valence-corrected chi connectivity index (χ3v) is 10.9. The fraction of sp³-hybridized carbons (Fsp3) is 0.536. The number of nitrogens with zero attached hydrogens (tertiary/aromatic N) is 4. The van der Waals surface area contributed by atoms with Crippen molar-refractivity contribution >= 4 is 27.4 Å². The van der Waals surface area contributed by atoms with Crippen LogP contribution in [0.3, 0.4) is 0 Å². The van der Waals surface area contributed by atoms with Gasteiger partial charge in [-0.3, -0.25) is 4.79 Å². The van der Waals surface area contributed by atoms with E-state index < -0.39 is 10.0 Å². The summed E-state index contributed by atoms with van der Waals surface area (Å²) in [5.74, 6) is 0.949. The highest BCUT2D eigenvalue weighted by Crippen LogP contribution is 2.47. The Morgan fingerprint density at radius 1 is 0.974 bits per heavy atom. The summed E-state index contributed by atoms with van der Waals surface area (Å²) in [6, 6.07) is 13.6. The lowest BCUT2D eigenvalue weighted by Gasteiger charge is -2.38. The van der Waals surface area contributed by atoms with Crippen LogP contribution in [0, 0.1) is 16.7 Å². The summed E-state index contributed by atoms with van der Waals surface area (Å²) in [6.07, 6.45) is 7.56. The zero-order valence-corrected chi connectivity index (χ0v) is 22.3. The largest absolute Gasteiger partial charge is 0.371 e. The Morgan fingerprint density at radius 3 is 2.24 bits per heavy atom. The van der Waals surface area contributed by atoms with Gasteiger partial charge >= 0.3 is 0 Å². The predicted octanol–water partition coefficient (Wildman–Crippen LogP) is 3.01. The molecule has 2 N–H and O–H groups in total. The normalized spacial score (nSPS) is 23.1. The summed E-state index contributed by atoms with van der Waals surface area (Å²) in [6.45, 7) is 3.28. The molecule has 0 radical (unpaired) electrons. The molecule has 10 heteroatoms. The second-order valence-electron chi connectivity index (χ2n) is 11.2. The van der Waals surface area contributed by atoms with Crippen molar-refractivity contribution in [3.8, 4) is 6.07 Å². The van der Waals surface area contributed by atoms with Crippen molar-refractivity contribution < 1.29 is 13.2 Å². The van der Waals surface area contributed by atoms with Gasteiger partial charge in [-0.25, -0.2) is 13.4 Å². The lowest BCUT2D eigenvalue weighted by Crippen LogP contribution is -2.44. The number of hydrogen-bond acceptors (Lipinski definition) is 7. The summed E-state index contributed by atoms with van der Waals surface area (Å²) in [7, 11) is -3.56. The number of nitriles is 1. The van der Waals surface area contributed by atoms with Crippen LogP contribution in [0.2, 0.25) is 0 Å². The molecule has 200 valence electrons. The van der Waals surface area contributed by atoms with Gasteiger partial charge in [-0.1, -0.05) is 6.07 Å². The SMILES string of the molecule is N#CC1(c2ccc(NC3CCN(S(=O)(=O)c4ccc(N5CCC6(CCNC6=O)CC5)cc4)CC3)nc2)CC1. The second-order valence-corrected chi connectivity index (χ2v) is 13.2. The van der Waals surface area contributed by atoms with Crippen LogP contribution in [-0.2, 0) is 20.2 Å². The molecule has 0 unspecified atom stereocenters. The van der Waals surface area contributed by atoms with E-state index in [-0.39, 0.29) is 22.8 Å². The summed E-state index contributed by atoms with van der Waals surface area (Å²) >= 11 is 0. The molecule has 0 bridgehead atoms. The average Bonchev–Trinajstić information content (AvgIpc) is 3.68. The minimum Gasteiger partial charge on any atom is -0.371 e. The van der Waals surface area contributed by atoms with E-state index >= 15 is 0 Å². The topological polar surface area (TPSA) is 118 Å². The minimum atomic E-state index is -3.56. The third kappa shape index (κ3) is 4.52. The first-order valence-corrected chi connectivity index (χ1v) is 15.1. The molecule has 6 rings (SSSR count). The lowest BCUT2D eigenvalue weighted by molar-refractivity contribution is -0.128. The van der Waals surface area contributed by atoms with Crippen LogP contribution in [0.25, 0.3) is 0 Å². The van der Waals surface area contributed by atoms with Crippen molar-refractivity contribution in [2.24, 2.45) is 5.41 Å². The summed E-state index contributed by atoms with van der Waals surface area (Å²) in [4.78, 5) is 19.3. The number of rotatable bonds is 6. The molecule has 2 aromatic rings. The Morgan fingerprint density at radius 2 is 1.68 bits per heavy atom. The molecule has 1 amide bonds. The van der Waals surface area contributed by atoms with Crippen LogP contribution < -0.4 is 15.5 Å². The number of aromatic nitrogens is 1. The Balaban J connectivity index is 1.03. The van der Waals surface area contributed by atoms with Gasteiger partial charge in [0.1, 0.15) is 5.82 Å². The van der Waals surface area contributed by atoms with Crippen molar-refractivity contribution in [3.05, 3.63) is 48.2 Å². The van der Waals surface area contributed by atoms with Gasteiger partial charge in [0.25, 0.3) is 0 Å². The predicted molar refractivity (Wildman–Crippen MR) is 144 cm³/mol. The smallest absolute Gasteiger partial charge is 0.243 e. The number of benzene rings is 1. The fourth-order valence-corrected chi connectivity index (χ4v) is 7.64. The van der Waals surface area contributed by atoms with Crippen LogP contribution in [0.1, 0.15) is 50.5 Å². The molecule has 4 aliphatic rings. The molecule has 38 heavy (non-hydrogen) atoms. The first kappa shape index (κ1) is 25.1. The first-order valence-electron chi connectivity index (χ1n) is 13.6. The number of carbonyl (C=O) groups excluding carboxylic acids is 1. The van der Waals surface area contributed by atoms with Gasteiger partial charge in [-0.2, -0.15) is 9.57 Å². The van der Waals surface area contributed by atoms with E-state index in [4.69, 9.17) is 0 Å². The summed E-state index contributed by atoms with van der Waals surface area (Å²) < 4.78 is 28.2. The van der Waals surface area contributed by atoms with E-state index in [0.717, 1.165) is 68.8 Å². The standard InChI is InChI=1S/C28H34N6O3S/c29-20-28(9-10-28)21-1-6-25(31-19-21)32-22-7-15-34(16-8-22)38(36,37)24-4-2-23(3-5-24)33-17-12-27(13-18-33)11-14-30-26(27)35/h1-6,19,22H,7-18H2,(H,30,35)(H,31,32). The number of anilines is 2. The molecule has 3 aliphatic heterocycles. The van der Waals surface area contributed by atoms with Crippen molar-refractivity contribution in [2.75, 3.05) is 42.9 Å². The molecule has 4 fully saturated rings. The van der Waals surface area contributed by atoms with Crippen molar-refractivity contribution in [3.63, 3.8) is 0 Å². The van der Waals surface area contributed by atoms with Gasteiger partial charge < -0.3 is 15.5 Å². The van der Waals surface area contributed by atoms with E-state index in [0.29, 0.717) is 30.8 Å². The van der Waals surface area contributed by atoms with E-state index in [1.54, 1.807) is 22.6 Å². The van der Waals surface area contributed by atoms with E-state index in [2.05, 4.69) is 26.6 Å². The number of hydrogen-bond donors (Lipinski definition) is 2. The van der Waals surface area contributed by atoms with Gasteiger partial charge in [0.05, 0.1) is 21.8 Å². The second kappa shape index (κ2) is 9.54. The number of amides is 1. The van der Waals surface area contributed by atoms with Crippen molar-refractivity contribution in [2.45, 2.75) is 61.3 Å². The Labute approximate surface area is 224 Å². The van der Waals surface area contributed by atoms with Crippen LogP contribution in [-0.4, -0.2) is 62.4 Å². The first-order chi connectivity index (χ1) is 18.3. The highest BCUT2D eigenvalue weighted by molar-refractivity contribution is 7.89. The molecule has 9 nitrogen and oxygen atoms in total. The molecule has 1 aliphatic carbocycles. The maximum absolute atomic E-state index is 13.3. The molecule has 1 aromatic carbocycles. The molecular formula is C28H34N6O3S. The number of carbonyl (C=O) groups is 1. The zero-order chi connectivity index (χ0) is 26.4. The molecule has 4 heterocycles. The Kier molecular flexibility index (Phi) is 6.31. The highest BCUT2D eigenvalue weighted by atomic mass is 32.2. The maximum Gasteiger partial charge on any atom is 0.243 e. The lowest BCUT2D eigenvalue weighted by atomic mass is 9.77. The summed E-state index contributed by atoms with van der Waals surface area (Å²) in [5, 5.41) is 15.8. The highest BCUT2D eigenvalue weighted by Gasteiger charge is 2.45. The molecule has 0 atom stereocenters. The monoisotopic (exact) mass is 534 g/mol. The number of sulfonamides is 1. The Hall–Kier alpha value is -3.16. The minimum absolute atomic E-state index is 0.150. The third-order valence-electron chi connectivity index (χ3n) is 9.02. The molecular weight excluding hydrogens is 500 g/mol. The fourth-order valence-electron chi connectivity index (χ4n) is 6.17. The van der Waals surface area contributed by atoms with Gasteiger partial charge in [0.2, 0.25) is 15.9 Å². The van der Waals surface area contributed by atoms with Crippen LogP contribution in [0.5, 0.6) is 0 Å².